The highest BCUT2D eigenvalue weighted by Gasteiger charge is 1.96. The third-order valence-corrected chi connectivity index (χ3v) is 3.44. The third-order valence-electron chi connectivity index (χ3n) is 2.10. The number of nitrogens with zero attached hydrogens (tertiary/aromatic N) is 1. The molecule has 1 aromatic carbocycles. The Morgan fingerprint density at radius 2 is 2.07 bits per heavy atom. The zero-order chi connectivity index (χ0) is 10.7. The molecule has 1 aromatic heterocycles. The molecule has 2 aromatic rings. The van der Waals surface area contributed by atoms with E-state index in [1.807, 2.05) is 30.5 Å². The molecule has 0 aliphatic heterocycles. The number of rotatable bonds is 2. The maximum absolute atomic E-state index is 4.42. The Balaban J connectivity index is 2.26. The van der Waals surface area contributed by atoms with Gasteiger partial charge in [0.25, 0.3) is 0 Å². The first kappa shape index (κ1) is 10.5. The number of aryl methyl sites for hydroxylation is 1. The molecule has 0 N–H and O–H groups in total. The summed E-state index contributed by atoms with van der Waals surface area (Å²) in [7, 11) is 0. The van der Waals surface area contributed by atoms with Crippen molar-refractivity contribution in [3.8, 4) is 0 Å². The molecule has 0 fully saturated rings. The van der Waals surface area contributed by atoms with Gasteiger partial charge in [0.15, 0.2) is 0 Å². The molecular formula is C12H11NS2. The van der Waals surface area contributed by atoms with E-state index >= 15 is 0 Å². The summed E-state index contributed by atoms with van der Waals surface area (Å²) >= 11 is 6.05. The van der Waals surface area contributed by atoms with Crippen LogP contribution >= 0.6 is 24.0 Å². The minimum Gasteiger partial charge on any atom is -0.254 e. The van der Waals surface area contributed by atoms with E-state index in [2.05, 4.69) is 36.0 Å². The van der Waals surface area contributed by atoms with E-state index in [1.165, 1.54) is 10.4 Å². The molecule has 0 radical (unpaired) electrons. The molecule has 0 aliphatic rings. The zero-order valence-electron chi connectivity index (χ0n) is 8.34. The van der Waals surface area contributed by atoms with Gasteiger partial charge in [-0.25, -0.2) is 0 Å². The second-order valence-corrected chi connectivity index (χ2v) is 4.64. The smallest absolute Gasteiger partial charge is 0.0763 e. The van der Waals surface area contributed by atoms with Gasteiger partial charge < -0.3 is 0 Å². The standard InChI is InChI=1S/C12H11NS2/c1-9-6-7-15-12(9)8-13-10-4-2-3-5-11(10)14/h2-8,14H,1H3. The van der Waals surface area contributed by atoms with E-state index in [-0.39, 0.29) is 0 Å². The van der Waals surface area contributed by atoms with Gasteiger partial charge in [-0.05, 0) is 36.1 Å². The molecule has 0 atom stereocenters. The van der Waals surface area contributed by atoms with Gasteiger partial charge in [-0.15, -0.1) is 24.0 Å². The van der Waals surface area contributed by atoms with Gasteiger partial charge in [-0.1, -0.05) is 12.1 Å². The number of aliphatic imine (C=N–C) groups is 1. The molecule has 0 unspecified atom stereocenters. The zero-order valence-corrected chi connectivity index (χ0v) is 10.1. The highest BCUT2D eigenvalue weighted by Crippen LogP contribution is 2.22. The van der Waals surface area contributed by atoms with Crippen LogP contribution in [0.3, 0.4) is 0 Å². The van der Waals surface area contributed by atoms with E-state index in [1.54, 1.807) is 11.3 Å². The monoisotopic (exact) mass is 233 g/mol. The molecule has 0 aliphatic carbocycles. The molecule has 2 rings (SSSR count). The Morgan fingerprint density at radius 3 is 2.73 bits per heavy atom. The van der Waals surface area contributed by atoms with Crippen molar-refractivity contribution >= 4 is 35.9 Å². The molecule has 3 heteroatoms. The minimum absolute atomic E-state index is 0.906. The van der Waals surface area contributed by atoms with Crippen LogP contribution in [0, 0.1) is 6.92 Å². The summed E-state index contributed by atoms with van der Waals surface area (Å²) in [5.74, 6) is 0. The fraction of sp³-hybridized carbons (Fsp3) is 0.0833. The largest absolute Gasteiger partial charge is 0.254 e. The van der Waals surface area contributed by atoms with Crippen LogP contribution < -0.4 is 0 Å². The van der Waals surface area contributed by atoms with E-state index in [0.717, 1.165) is 10.6 Å². The fourth-order valence-corrected chi connectivity index (χ4v) is 2.22. The molecule has 0 amide bonds. The van der Waals surface area contributed by atoms with Crippen LogP contribution in [-0.2, 0) is 0 Å². The minimum atomic E-state index is 0.906. The molecule has 1 nitrogen and oxygen atoms in total. The van der Waals surface area contributed by atoms with Crippen LogP contribution in [0.1, 0.15) is 10.4 Å². The molecule has 0 bridgehead atoms. The van der Waals surface area contributed by atoms with Crippen molar-refractivity contribution in [2.75, 3.05) is 0 Å². The third kappa shape index (κ3) is 2.49. The molecular weight excluding hydrogens is 222 g/mol. The second kappa shape index (κ2) is 4.64. The Bertz CT molecular complexity index is 486. The predicted octanol–water partition coefficient (Wildman–Crippen LogP) is 4.10. The summed E-state index contributed by atoms with van der Waals surface area (Å²) < 4.78 is 0. The Hall–Kier alpha value is -1.06. The van der Waals surface area contributed by atoms with Crippen LogP contribution in [0.25, 0.3) is 0 Å². The van der Waals surface area contributed by atoms with Gasteiger partial charge in [-0.2, -0.15) is 0 Å². The van der Waals surface area contributed by atoms with Gasteiger partial charge in [0.05, 0.1) is 5.69 Å². The van der Waals surface area contributed by atoms with Crippen LogP contribution in [0.15, 0.2) is 45.6 Å². The maximum atomic E-state index is 4.42. The quantitative estimate of drug-likeness (QED) is 0.592. The summed E-state index contributed by atoms with van der Waals surface area (Å²) in [6, 6.07) is 9.92. The van der Waals surface area contributed by atoms with E-state index < -0.39 is 0 Å². The lowest BCUT2D eigenvalue weighted by Gasteiger charge is -1.96. The number of para-hydroxylation sites is 1. The number of thiophene rings is 1. The Labute approximate surface area is 98.9 Å². The van der Waals surface area contributed by atoms with Crippen molar-refractivity contribution < 1.29 is 0 Å². The van der Waals surface area contributed by atoms with Crippen LogP contribution in [0.4, 0.5) is 5.69 Å². The molecule has 0 saturated heterocycles. The predicted molar refractivity (Wildman–Crippen MR) is 70.0 cm³/mol. The summed E-state index contributed by atoms with van der Waals surface area (Å²) in [5, 5.41) is 2.07. The highest BCUT2D eigenvalue weighted by molar-refractivity contribution is 7.80. The van der Waals surface area contributed by atoms with Crippen molar-refractivity contribution in [1.29, 1.82) is 0 Å². The number of hydrogen-bond acceptors (Lipinski definition) is 3. The molecule has 1 heterocycles. The maximum Gasteiger partial charge on any atom is 0.0763 e. The average Bonchev–Trinajstić information content (AvgIpc) is 2.63. The van der Waals surface area contributed by atoms with Gasteiger partial charge in [0, 0.05) is 16.0 Å². The van der Waals surface area contributed by atoms with Crippen LogP contribution in [-0.4, -0.2) is 6.21 Å². The van der Waals surface area contributed by atoms with Crippen molar-refractivity contribution in [1.82, 2.24) is 0 Å². The first-order chi connectivity index (χ1) is 7.27. The summed E-state index contributed by atoms with van der Waals surface area (Å²) in [5.41, 5.74) is 2.18. The number of thiol groups is 1. The lowest BCUT2D eigenvalue weighted by molar-refractivity contribution is 1.39. The topological polar surface area (TPSA) is 12.4 Å². The van der Waals surface area contributed by atoms with E-state index in [0.29, 0.717) is 0 Å². The molecule has 15 heavy (non-hydrogen) atoms. The Kier molecular flexibility index (Phi) is 3.23. The van der Waals surface area contributed by atoms with Crippen molar-refractivity contribution in [2.24, 2.45) is 4.99 Å². The number of benzene rings is 1. The van der Waals surface area contributed by atoms with E-state index in [4.69, 9.17) is 0 Å². The Morgan fingerprint density at radius 1 is 1.27 bits per heavy atom. The van der Waals surface area contributed by atoms with Crippen molar-refractivity contribution in [2.45, 2.75) is 11.8 Å². The summed E-state index contributed by atoms with van der Waals surface area (Å²) in [6.45, 7) is 2.09. The van der Waals surface area contributed by atoms with Crippen molar-refractivity contribution in [3.05, 3.63) is 46.2 Å². The first-order valence-electron chi connectivity index (χ1n) is 4.63. The fourth-order valence-electron chi connectivity index (χ4n) is 1.22. The van der Waals surface area contributed by atoms with Gasteiger partial charge in [-0.3, -0.25) is 4.99 Å². The van der Waals surface area contributed by atoms with Gasteiger partial charge in [0.2, 0.25) is 0 Å². The SMILES string of the molecule is Cc1ccsc1C=Nc1ccccc1S. The van der Waals surface area contributed by atoms with E-state index in [9.17, 15) is 0 Å². The lowest BCUT2D eigenvalue weighted by atomic mass is 10.3. The first-order valence-corrected chi connectivity index (χ1v) is 5.96. The number of hydrogen-bond donors (Lipinski definition) is 1. The highest BCUT2D eigenvalue weighted by atomic mass is 32.1. The van der Waals surface area contributed by atoms with Crippen LogP contribution in [0.2, 0.25) is 0 Å². The molecule has 0 spiro atoms. The molecule has 0 saturated carbocycles. The van der Waals surface area contributed by atoms with Crippen molar-refractivity contribution in [3.63, 3.8) is 0 Å². The van der Waals surface area contributed by atoms with Crippen LogP contribution in [0.5, 0.6) is 0 Å². The second-order valence-electron chi connectivity index (χ2n) is 3.21. The molecule has 76 valence electrons. The normalized spacial score (nSPS) is 11.1. The summed E-state index contributed by atoms with van der Waals surface area (Å²) in [6.07, 6.45) is 1.90. The average molecular weight is 233 g/mol. The summed E-state index contributed by atoms with van der Waals surface area (Å²) in [4.78, 5) is 6.52. The van der Waals surface area contributed by atoms with Gasteiger partial charge in [0.1, 0.15) is 0 Å². The van der Waals surface area contributed by atoms with Gasteiger partial charge >= 0.3 is 0 Å². The lowest BCUT2D eigenvalue weighted by Crippen LogP contribution is -1.77.